The number of urea groups is 1. The third-order valence-electron chi connectivity index (χ3n) is 5.74. The number of allylic oxidation sites excluding steroid dienone is 1. The number of carbonyl (C=O) groups excluding carboxylic acids is 4. The van der Waals surface area contributed by atoms with Crippen molar-refractivity contribution in [1.82, 2.24) is 15.1 Å². The number of ether oxygens (including phenoxy) is 3. The minimum absolute atomic E-state index is 0.0599. The van der Waals surface area contributed by atoms with Crippen LogP contribution in [-0.4, -0.2) is 68.0 Å². The van der Waals surface area contributed by atoms with Crippen molar-refractivity contribution in [2.24, 2.45) is 0 Å². The van der Waals surface area contributed by atoms with Crippen molar-refractivity contribution in [2.45, 2.75) is 38.6 Å². The molecule has 1 aliphatic heterocycles. The molecular weight excluding hydrogens is 430 g/mol. The van der Waals surface area contributed by atoms with Crippen molar-refractivity contribution >= 4 is 23.8 Å². The molecule has 1 fully saturated rings. The molecule has 1 aliphatic carbocycles. The number of hydrogen-bond donors (Lipinski definition) is 1. The van der Waals surface area contributed by atoms with Gasteiger partial charge in [0.05, 0.1) is 21.3 Å². The van der Waals surface area contributed by atoms with Crippen LogP contribution in [0.15, 0.2) is 23.8 Å². The van der Waals surface area contributed by atoms with Crippen LogP contribution in [-0.2, 0) is 20.9 Å². The van der Waals surface area contributed by atoms with Gasteiger partial charge in [0.25, 0.3) is 0 Å². The number of hydrogen-bond acceptors (Lipinski definition) is 7. The highest BCUT2D eigenvalue weighted by Gasteiger charge is 2.44. The second-order valence-corrected chi connectivity index (χ2v) is 7.78. The zero-order valence-corrected chi connectivity index (χ0v) is 19.1. The van der Waals surface area contributed by atoms with Gasteiger partial charge in [-0.2, -0.15) is 0 Å². The third kappa shape index (κ3) is 5.44. The lowest BCUT2D eigenvalue weighted by Gasteiger charge is -2.18. The maximum Gasteiger partial charge on any atom is 0.334 e. The van der Waals surface area contributed by atoms with Crippen LogP contribution in [0.25, 0.3) is 0 Å². The molecule has 1 saturated heterocycles. The first-order valence-corrected chi connectivity index (χ1v) is 10.8. The Morgan fingerprint density at radius 2 is 1.61 bits per heavy atom. The first-order chi connectivity index (χ1) is 15.9. The monoisotopic (exact) mass is 459 g/mol. The standard InChI is InChI=1S/C23H29N3O7/c1-31-17-12-19(33-3)18(32-2)11-16(17)13-24-20(27)14-26-22(29)21(28)25(23(26)30)10-9-15-7-5-4-6-8-15/h7,11-12H,4-6,8-10,13-14H2,1-3H3,(H,24,27). The van der Waals surface area contributed by atoms with Crippen LogP contribution >= 0.6 is 0 Å². The van der Waals surface area contributed by atoms with E-state index in [0.717, 1.165) is 30.6 Å². The van der Waals surface area contributed by atoms with Crippen LogP contribution in [0.5, 0.6) is 17.2 Å². The average molecular weight is 459 g/mol. The summed E-state index contributed by atoms with van der Waals surface area (Å²) in [7, 11) is 4.47. The molecule has 10 nitrogen and oxygen atoms in total. The number of nitrogens with zero attached hydrogens (tertiary/aromatic N) is 2. The van der Waals surface area contributed by atoms with Crippen LogP contribution < -0.4 is 19.5 Å². The Labute approximate surface area is 192 Å². The van der Waals surface area contributed by atoms with Crippen molar-refractivity contribution in [3.05, 3.63) is 29.3 Å². The van der Waals surface area contributed by atoms with Gasteiger partial charge < -0.3 is 19.5 Å². The fourth-order valence-electron chi connectivity index (χ4n) is 3.90. The van der Waals surface area contributed by atoms with Crippen LogP contribution in [0.3, 0.4) is 0 Å². The van der Waals surface area contributed by atoms with Crippen molar-refractivity contribution in [2.75, 3.05) is 34.4 Å². The van der Waals surface area contributed by atoms with E-state index in [9.17, 15) is 19.2 Å². The lowest BCUT2D eigenvalue weighted by atomic mass is 9.97. The van der Waals surface area contributed by atoms with E-state index in [4.69, 9.17) is 14.2 Å². The smallest absolute Gasteiger partial charge is 0.334 e. The molecule has 1 N–H and O–H groups in total. The summed E-state index contributed by atoms with van der Waals surface area (Å²) in [4.78, 5) is 51.3. The molecule has 0 unspecified atom stereocenters. The number of methoxy groups -OCH3 is 3. The Bertz CT molecular complexity index is 973. The van der Waals surface area contributed by atoms with Gasteiger partial charge in [0, 0.05) is 24.7 Å². The fraction of sp³-hybridized carbons (Fsp3) is 0.478. The SMILES string of the molecule is COc1cc(OC)c(OC)cc1CNC(=O)CN1C(=O)C(=O)N(CCC2=CCCCC2)C1=O. The van der Waals surface area contributed by atoms with Gasteiger partial charge in [0.1, 0.15) is 12.3 Å². The Balaban J connectivity index is 1.59. The van der Waals surface area contributed by atoms with Crippen LogP contribution in [0.2, 0.25) is 0 Å². The molecule has 1 aromatic rings. The van der Waals surface area contributed by atoms with Gasteiger partial charge in [0.15, 0.2) is 11.5 Å². The molecule has 1 aromatic carbocycles. The first kappa shape index (κ1) is 24.1. The van der Waals surface area contributed by atoms with E-state index in [0.29, 0.717) is 34.1 Å². The molecular formula is C23H29N3O7. The number of rotatable bonds is 10. The lowest BCUT2D eigenvalue weighted by Crippen LogP contribution is -2.41. The van der Waals surface area contributed by atoms with E-state index < -0.39 is 30.3 Å². The topological polar surface area (TPSA) is 114 Å². The van der Waals surface area contributed by atoms with Gasteiger partial charge in [-0.1, -0.05) is 11.6 Å². The molecule has 0 atom stereocenters. The molecule has 0 aromatic heterocycles. The largest absolute Gasteiger partial charge is 0.496 e. The Kier molecular flexibility index (Phi) is 7.92. The third-order valence-corrected chi connectivity index (χ3v) is 5.74. The predicted molar refractivity (Wildman–Crippen MR) is 118 cm³/mol. The van der Waals surface area contributed by atoms with Crippen LogP contribution in [0.1, 0.15) is 37.7 Å². The number of nitrogens with one attached hydrogen (secondary N) is 1. The fourth-order valence-corrected chi connectivity index (χ4v) is 3.90. The molecule has 1 heterocycles. The summed E-state index contributed by atoms with van der Waals surface area (Å²) in [5.74, 6) is -1.07. The minimum Gasteiger partial charge on any atom is -0.496 e. The highest BCUT2D eigenvalue weighted by atomic mass is 16.5. The summed E-state index contributed by atoms with van der Waals surface area (Å²) < 4.78 is 15.8. The van der Waals surface area contributed by atoms with Crippen LogP contribution in [0, 0.1) is 0 Å². The molecule has 0 bridgehead atoms. The zero-order valence-electron chi connectivity index (χ0n) is 19.1. The zero-order chi connectivity index (χ0) is 24.0. The second-order valence-electron chi connectivity index (χ2n) is 7.78. The summed E-state index contributed by atoms with van der Waals surface area (Å²) in [5.41, 5.74) is 1.80. The number of amides is 5. The van der Waals surface area contributed by atoms with Crippen molar-refractivity contribution in [3.63, 3.8) is 0 Å². The molecule has 0 radical (unpaired) electrons. The number of benzene rings is 1. The van der Waals surface area contributed by atoms with Crippen molar-refractivity contribution in [3.8, 4) is 17.2 Å². The molecule has 178 valence electrons. The van der Waals surface area contributed by atoms with Gasteiger partial charge in [-0.05, 0) is 38.2 Å². The number of carbonyl (C=O) groups is 4. The molecule has 0 saturated carbocycles. The van der Waals surface area contributed by atoms with Crippen LogP contribution in [0.4, 0.5) is 4.79 Å². The maximum atomic E-state index is 12.6. The van der Waals surface area contributed by atoms with E-state index in [1.165, 1.54) is 26.9 Å². The van der Waals surface area contributed by atoms with Crippen molar-refractivity contribution in [1.29, 1.82) is 0 Å². The lowest BCUT2D eigenvalue weighted by molar-refractivity contribution is -0.144. The minimum atomic E-state index is -0.989. The first-order valence-electron chi connectivity index (χ1n) is 10.8. The predicted octanol–water partition coefficient (Wildman–Crippen LogP) is 2.01. The molecule has 33 heavy (non-hydrogen) atoms. The molecule has 10 heteroatoms. The Hall–Kier alpha value is -3.56. The van der Waals surface area contributed by atoms with E-state index in [1.807, 2.05) is 0 Å². The quantitative estimate of drug-likeness (QED) is 0.323. The summed E-state index contributed by atoms with van der Waals surface area (Å²) in [6, 6.07) is 2.53. The molecule has 0 spiro atoms. The van der Waals surface area contributed by atoms with Gasteiger partial charge in [0.2, 0.25) is 5.91 Å². The highest BCUT2D eigenvalue weighted by molar-refractivity contribution is 6.45. The normalized spacial score (nSPS) is 16.1. The Morgan fingerprint density at radius 1 is 0.939 bits per heavy atom. The van der Waals surface area contributed by atoms with E-state index in [-0.39, 0.29) is 13.1 Å². The maximum absolute atomic E-state index is 12.6. The van der Waals surface area contributed by atoms with Gasteiger partial charge in [-0.25, -0.2) is 9.69 Å². The van der Waals surface area contributed by atoms with E-state index in [1.54, 1.807) is 12.1 Å². The number of imide groups is 2. The second kappa shape index (κ2) is 10.8. The molecule has 5 amide bonds. The van der Waals surface area contributed by atoms with Gasteiger partial charge >= 0.3 is 17.8 Å². The summed E-state index contributed by atoms with van der Waals surface area (Å²) in [5, 5.41) is 2.64. The molecule has 3 rings (SSSR count). The molecule has 2 aliphatic rings. The van der Waals surface area contributed by atoms with Gasteiger partial charge in [-0.3, -0.25) is 19.3 Å². The highest BCUT2D eigenvalue weighted by Crippen LogP contribution is 2.34. The summed E-state index contributed by atoms with van der Waals surface area (Å²) in [6.07, 6.45) is 6.84. The Morgan fingerprint density at radius 3 is 2.24 bits per heavy atom. The van der Waals surface area contributed by atoms with E-state index >= 15 is 0 Å². The average Bonchev–Trinajstić information content (AvgIpc) is 3.04. The summed E-state index contributed by atoms with van der Waals surface area (Å²) >= 11 is 0. The summed E-state index contributed by atoms with van der Waals surface area (Å²) in [6.45, 7) is -0.348. The van der Waals surface area contributed by atoms with Gasteiger partial charge in [-0.15, -0.1) is 0 Å². The van der Waals surface area contributed by atoms with Crippen molar-refractivity contribution < 1.29 is 33.4 Å². The van der Waals surface area contributed by atoms with E-state index in [2.05, 4.69) is 11.4 Å².